The molecule has 3 rings (SSSR count). The molecule has 2 nitrogen and oxygen atoms in total. The number of hydrogen-bond acceptors (Lipinski definition) is 2. The number of pyridine rings is 1. The van der Waals surface area contributed by atoms with E-state index < -0.39 is 5.92 Å². The SMILES string of the molecule is CCC(F)(F)c1cncc(N=C(c2ccccc2)c2ccccc2)c1. The summed E-state index contributed by atoms with van der Waals surface area (Å²) in [5, 5.41) is 0. The van der Waals surface area contributed by atoms with Gasteiger partial charge in [0.2, 0.25) is 0 Å². The lowest BCUT2D eigenvalue weighted by molar-refractivity contribution is -0.00857. The minimum Gasteiger partial charge on any atom is -0.262 e. The quantitative estimate of drug-likeness (QED) is 0.544. The minimum absolute atomic E-state index is 0.114. The fraction of sp³-hybridized carbons (Fsp3) is 0.143. The third-order valence-corrected chi connectivity index (χ3v) is 3.93. The Morgan fingerprint density at radius 3 is 2.00 bits per heavy atom. The first kappa shape index (κ1) is 17.0. The highest BCUT2D eigenvalue weighted by molar-refractivity contribution is 6.13. The van der Waals surface area contributed by atoms with E-state index in [0.717, 1.165) is 16.8 Å². The monoisotopic (exact) mass is 336 g/mol. The number of hydrogen-bond donors (Lipinski definition) is 0. The molecule has 0 bridgehead atoms. The molecule has 0 aliphatic rings. The molecule has 0 saturated carbocycles. The predicted molar refractivity (Wildman–Crippen MR) is 96.6 cm³/mol. The molecule has 0 unspecified atom stereocenters. The van der Waals surface area contributed by atoms with Gasteiger partial charge in [-0.2, -0.15) is 0 Å². The Bertz CT molecular complexity index is 818. The largest absolute Gasteiger partial charge is 0.274 e. The number of aliphatic imine (C=N–C) groups is 1. The van der Waals surface area contributed by atoms with Crippen LogP contribution in [0, 0.1) is 0 Å². The molecular formula is C21H18F2N2. The maximum Gasteiger partial charge on any atom is 0.274 e. The molecule has 25 heavy (non-hydrogen) atoms. The Hall–Kier alpha value is -2.88. The zero-order valence-corrected chi connectivity index (χ0v) is 13.9. The van der Waals surface area contributed by atoms with Crippen LogP contribution in [0.15, 0.2) is 84.1 Å². The van der Waals surface area contributed by atoms with E-state index in [1.807, 2.05) is 60.7 Å². The Kier molecular flexibility index (Phi) is 4.98. The molecule has 0 atom stereocenters. The summed E-state index contributed by atoms with van der Waals surface area (Å²) in [5.41, 5.74) is 2.85. The Balaban J connectivity index is 2.10. The second-order valence-corrected chi connectivity index (χ2v) is 5.68. The van der Waals surface area contributed by atoms with Gasteiger partial charge in [0.1, 0.15) is 0 Å². The van der Waals surface area contributed by atoms with Gasteiger partial charge in [0.15, 0.2) is 0 Å². The van der Waals surface area contributed by atoms with Crippen molar-refractivity contribution in [3.8, 4) is 0 Å². The van der Waals surface area contributed by atoms with Gasteiger partial charge in [0.05, 0.1) is 17.6 Å². The molecule has 0 fully saturated rings. The lowest BCUT2D eigenvalue weighted by Crippen LogP contribution is -2.11. The van der Waals surface area contributed by atoms with Gasteiger partial charge in [-0.15, -0.1) is 0 Å². The van der Waals surface area contributed by atoms with E-state index in [9.17, 15) is 8.78 Å². The van der Waals surface area contributed by atoms with E-state index in [-0.39, 0.29) is 12.0 Å². The van der Waals surface area contributed by atoms with Crippen LogP contribution in [0.25, 0.3) is 0 Å². The van der Waals surface area contributed by atoms with Gasteiger partial charge in [0.25, 0.3) is 5.92 Å². The first-order valence-corrected chi connectivity index (χ1v) is 8.13. The normalized spacial score (nSPS) is 11.2. The molecule has 0 aliphatic carbocycles. The molecule has 0 saturated heterocycles. The number of benzene rings is 2. The molecule has 1 aromatic heterocycles. The molecule has 0 amide bonds. The van der Waals surface area contributed by atoms with Crippen molar-refractivity contribution in [1.82, 2.24) is 4.98 Å². The van der Waals surface area contributed by atoms with Gasteiger partial charge in [-0.3, -0.25) is 4.98 Å². The van der Waals surface area contributed by atoms with Gasteiger partial charge in [-0.25, -0.2) is 13.8 Å². The second-order valence-electron chi connectivity index (χ2n) is 5.68. The van der Waals surface area contributed by atoms with E-state index in [2.05, 4.69) is 9.98 Å². The van der Waals surface area contributed by atoms with E-state index in [1.54, 1.807) is 0 Å². The number of nitrogens with zero attached hydrogens (tertiary/aromatic N) is 2. The molecule has 4 heteroatoms. The first-order valence-electron chi connectivity index (χ1n) is 8.13. The van der Waals surface area contributed by atoms with Crippen LogP contribution in [0.1, 0.15) is 30.0 Å². The summed E-state index contributed by atoms with van der Waals surface area (Å²) in [5.74, 6) is -2.90. The van der Waals surface area contributed by atoms with Crippen LogP contribution in [0.2, 0.25) is 0 Å². The van der Waals surface area contributed by atoms with Crippen molar-refractivity contribution in [2.45, 2.75) is 19.3 Å². The summed E-state index contributed by atoms with van der Waals surface area (Å²) in [7, 11) is 0. The van der Waals surface area contributed by atoms with Crippen molar-refractivity contribution in [2.75, 3.05) is 0 Å². The summed E-state index contributed by atoms with van der Waals surface area (Å²) < 4.78 is 27.9. The van der Waals surface area contributed by atoms with Gasteiger partial charge in [0, 0.05) is 29.3 Å². The topological polar surface area (TPSA) is 25.2 Å². The number of halogens is 2. The maximum absolute atomic E-state index is 14.0. The molecule has 0 N–H and O–H groups in total. The van der Waals surface area contributed by atoms with Crippen molar-refractivity contribution in [2.24, 2.45) is 4.99 Å². The van der Waals surface area contributed by atoms with Crippen molar-refractivity contribution < 1.29 is 8.78 Å². The molecular weight excluding hydrogens is 318 g/mol. The lowest BCUT2D eigenvalue weighted by Gasteiger charge is -2.14. The zero-order chi connectivity index (χ0) is 17.7. The van der Waals surface area contributed by atoms with Crippen LogP contribution >= 0.6 is 0 Å². The van der Waals surface area contributed by atoms with Crippen molar-refractivity contribution in [3.63, 3.8) is 0 Å². The highest BCUT2D eigenvalue weighted by atomic mass is 19.3. The molecule has 1 heterocycles. The predicted octanol–water partition coefficient (Wildman–Crippen LogP) is 5.75. The molecule has 0 radical (unpaired) electrons. The first-order chi connectivity index (χ1) is 12.1. The van der Waals surface area contributed by atoms with E-state index in [1.165, 1.54) is 25.4 Å². The highest BCUT2D eigenvalue weighted by Crippen LogP contribution is 2.32. The van der Waals surface area contributed by atoms with Crippen LogP contribution < -0.4 is 0 Å². The smallest absolute Gasteiger partial charge is 0.262 e. The summed E-state index contributed by atoms with van der Waals surface area (Å²) in [4.78, 5) is 8.58. The van der Waals surface area contributed by atoms with E-state index in [0.29, 0.717) is 5.69 Å². The van der Waals surface area contributed by atoms with Gasteiger partial charge in [-0.05, 0) is 6.07 Å². The average molecular weight is 336 g/mol. The molecule has 3 aromatic rings. The maximum atomic E-state index is 14.0. The second kappa shape index (κ2) is 7.34. The Morgan fingerprint density at radius 1 is 0.920 bits per heavy atom. The average Bonchev–Trinajstić information content (AvgIpc) is 2.68. The highest BCUT2D eigenvalue weighted by Gasteiger charge is 2.29. The fourth-order valence-electron chi connectivity index (χ4n) is 2.51. The Labute approximate surface area is 145 Å². The fourth-order valence-corrected chi connectivity index (χ4v) is 2.51. The number of alkyl halides is 2. The molecule has 0 spiro atoms. The van der Waals surface area contributed by atoms with Crippen LogP contribution in [0.4, 0.5) is 14.5 Å². The van der Waals surface area contributed by atoms with Gasteiger partial charge in [-0.1, -0.05) is 67.6 Å². The molecule has 2 aromatic carbocycles. The van der Waals surface area contributed by atoms with Gasteiger partial charge >= 0.3 is 0 Å². The standard InChI is InChI=1S/C21H18F2N2/c1-2-21(22,23)18-13-19(15-24-14-18)25-20(16-9-5-3-6-10-16)17-11-7-4-8-12-17/h3-15H,2H2,1H3. The molecule has 126 valence electrons. The van der Waals surface area contributed by atoms with Crippen molar-refractivity contribution in [3.05, 3.63) is 95.8 Å². The van der Waals surface area contributed by atoms with Crippen LogP contribution in [-0.4, -0.2) is 10.7 Å². The van der Waals surface area contributed by atoms with Crippen LogP contribution in [0.5, 0.6) is 0 Å². The number of rotatable bonds is 5. The number of aromatic nitrogens is 1. The van der Waals surface area contributed by atoms with Crippen molar-refractivity contribution in [1.29, 1.82) is 0 Å². The third kappa shape index (κ3) is 3.97. The van der Waals surface area contributed by atoms with Crippen LogP contribution in [0.3, 0.4) is 0 Å². The summed E-state index contributed by atoms with van der Waals surface area (Å²) in [6.45, 7) is 1.45. The lowest BCUT2D eigenvalue weighted by atomic mass is 10.0. The van der Waals surface area contributed by atoms with Gasteiger partial charge < -0.3 is 0 Å². The van der Waals surface area contributed by atoms with E-state index in [4.69, 9.17) is 0 Å². The Morgan fingerprint density at radius 2 is 1.48 bits per heavy atom. The summed E-state index contributed by atoms with van der Waals surface area (Å²) in [6.07, 6.45) is 2.43. The van der Waals surface area contributed by atoms with E-state index >= 15 is 0 Å². The van der Waals surface area contributed by atoms with Crippen molar-refractivity contribution >= 4 is 11.4 Å². The third-order valence-electron chi connectivity index (χ3n) is 3.93. The molecule has 0 aliphatic heterocycles. The zero-order valence-electron chi connectivity index (χ0n) is 13.9. The van der Waals surface area contributed by atoms with Crippen LogP contribution in [-0.2, 0) is 5.92 Å². The minimum atomic E-state index is -2.90. The summed E-state index contributed by atoms with van der Waals surface area (Å²) in [6, 6.07) is 20.7. The summed E-state index contributed by atoms with van der Waals surface area (Å²) >= 11 is 0.